The summed E-state index contributed by atoms with van der Waals surface area (Å²) in [5, 5.41) is 0. The monoisotopic (exact) mass is 193 g/mol. The van der Waals surface area contributed by atoms with Gasteiger partial charge in [0, 0.05) is 0 Å². The third-order valence-electron chi connectivity index (χ3n) is 0.812. The van der Waals surface area contributed by atoms with Crippen molar-refractivity contribution in [3.63, 3.8) is 0 Å². The van der Waals surface area contributed by atoms with Gasteiger partial charge in [-0.15, -0.1) is 6.58 Å². The first kappa shape index (κ1) is 11.6. The van der Waals surface area contributed by atoms with Crippen molar-refractivity contribution in [3.8, 4) is 0 Å². The van der Waals surface area contributed by atoms with Crippen molar-refractivity contribution in [2.24, 2.45) is 0 Å². The van der Waals surface area contributed by atoms with E-state index in [0.717, 1.165) is 0 Å². The summed E-state index contributed by atoms with van der Waals surface area (Å²) < 4.78 is 21.9. The van der Waals surface area contributed by atoms with Crippen molar-refractivity contribution in [2.75, 3.05) is 5.75 Å². The highest BCUT2D eigenvalue weighted by Crippen LogP contribution is 2.04. The molecule has 0 unspecified atom stereocenters. The second-order valence-corrected chi connectivity index (χ2v) is 5.10. The molecule has 0 heterocycles. The lowest BCUT2D eigenvalue weighted by molar-refractivity contribution is -0.0356. The van der Waals surface area contributed by atoms with Gasteiger partial charge >= 0.3 is 0 Å². The summed E-state index contributed by atoms with van der Waals surface area (Å²) in [6.07, 6.45) is 1.30. The summed E-state index contributed by atoms with van der Waals surface area (Å²) in [7, 11) is -3.36. The molecule has 0 spiro atoms. The fraction of sp³-hybridized carbons (Fsp3) is 0.714. The van der Waals surface area contributed by atoms with Crippen molar-refractivity contribution < 1.29 is 13.3 Å². The maximum Gasteiger partial charge on any atom is 0.237 e. The highest BCUT2D eigenvalue weighted by Gasteiger charge is 2.15. The zero-order valence-corrected chi connectivity index (χ0v) is 8.44. The SMILES string of the molecule is C=CCS(=O)(=O)NOC(C)(C)C. The second-order valence-electron chi connectivity index (χ2n) is 3.37. The molecule has 0 radical (unpaired) electrons. The van der Waals surface area contributed by atoms with E-state index in [1.807, 2.05) is 4.89 Å². The number of rotatable bonds is 4. The van der Waals surface area contributed by atoms with Crippen LogP contribution in [-0.2, 0) is 14.9 Å². The van der Waals surface area contributed by atoms with Crippen molar-refractivity contribution >= 4 is 10.0 Å². The molecule has 1 N–H and O–H groups in total. The molecule has 0 fully saturated rings. The lowest BCUT2D eigenvalue weighted by Gasteiger charge is -2.18. The minimum atomic E-state index is -3.36. The molecule has 0 atom stereocenters. The topological polar surface area (TPSA) is 55.4 Å². The molecular formula is C7H15NO3S. The maximum absolute atomic E-state index is 11.0. The average molecular weight is 193 g/mol. The predicted octanol–water partition coefficient (Wildman–Crippen LogP) is 0.822. The summed E-state index contributed by atoms with van der Waals surface area (Å²) in [6, 6.07) is 0. The van der Waals surface area contributed by atoms with Gasteiger partial charge in [0.15, 0.2) is 0 Å². The fourth-order valence-electron chi connectivity index (χ4n) is 0.378. The summed E-state index contributed by atoms with van der Waals surface area (Å²) in [6.45, 7) is 8.58. The zero-order chi connectivity index (χ0) is 9.83. The number of hydrogen-bond donors (Lipinski definition) is 1. The molecule has 0 aromatic carbocycles. The van der Waals surface area contributed by atoms with Gasteiger partial charge in [0.05, 0.1) is 11.4 Å². The van der Waals surface area contributed by atoms with Gasteiger partial charge in [-0.1, -0.05) is 11.0 Å². The molecule has 0 aliphatic carbocycles. The van der Waals surface area contributed by atoms with Crippen molar-refractivity contribution in [2.45, 2.75) is 26.4 Å². The van der Waals surface area contributed by atoms with Gasteiger partial charge in [-0.05, 0) is 20.8 Å². The predicted molar refractivity (Wildman–Crippen MR) is 48.0 cm³/mol. The van der Waals surface area contributed by atoms with E-state index in [9.17, 15) is 8.42 Å². The van der Waals surface area contributed by atoms with Gasteiger partial charge in [0.1, 0.15) is 0 Å². The van der Waals surface area contributed by atoms with Crippen LogP contribution < -0.4 is 4.89 Å². The van der Waals surface area contributed by atoms with Crippen LogP contribution in [-0.4, -0.2) is 19.8 Å². The molecule has 0 saturated carbocycles. The maximum atomic E-state index is 11.0. The Morgan fingerprint density at radius 3 is 2.33 bits per heavy atom. The third kappa shape index (κ3) is 6.33. The van der Waals surface area contributed by atoms with Crippen LogP contribution in [0.1, 0.15) is 20.8 Å². The Hall–Kier alpha value is -0.390. The first-order valence-corrected chi connectivity index (χ1v) is 5.20. The Morgan fingerprint density at radius 2 is 2.00 bits per heavy atom. The van der Waals surface area contributed by atoms with Gasteiger partial charge in [0.2, 0.25) is 10.0 Å². The normalized spacial score (nSPS) is 12.9. The molecular weight excluding hydrogens is 178 g/mol. The molecule has 0 aliphatic heterocycles. The van der Waals surface area contributed by atoms with Crippen molar-refractivity contribution in [1.82, 2.24) is 4.89 Å². The largest absolute Gasteiger partial charge is 0.281 e. The zero-order valence-electron chi connectivity index (χ0n) is 7.62. The van der Waals surface area contributed by atoms with E-state index in [0.29, 0.717) is 0 Å². The Kier molecular flexibility index (Phi) is 3.89. The van der Waals surface area contributed by atoms with Gasteiger partial charge in [-0.3, -0.25) is 4.84 Å². The molecule has 72 valence electrons. The van der Waals surface area contributed by atoms with E-state index in [1.54, 1.807) is 20.8 Å². The van der Waals surface area contributed by atoms with Crippen LogP contribution in [0.3, 0.4) is 0 Å². The highest BCUT2D eigenvalue weighted by molar-refractivity contribution is 7.89. The van der Waals surface area contributed by atoms with Gasteiger partial charge in [-0.25, -0.2) is 8.42 Å². The first-order valence-electron chi connectivity index (χ1n) is 3.55. The Morgan fingerprint density at radius 1 is 1.50 bits per heavy atom. The van der Waals surface area contributed by atoms with Crippen LogP contribution in [0.25, 0.3) is 0 Å². The Bertz CT molecular complexity index is 238. The van der Waals surface area contributed by atoms with Crippen LogP contribution >= 0.6 is 0 Å². The van der Waals surface area contributed by atoms with E-state index in [4.69, 9.17) is 4.84 Å². The van der Waals surface area contributed by atoms with E-state index >= 15 is 0 Å². The van der Waals surface area contributed by atoms with E-state index in [2.05, 4.69) is 6.58 Å². The lowest BCUT2D eigenvalue weighted by atomic mass is 10.2. The van der Waals surface area contributed by atoms with Crippen LogP contribution in [0.15, 0.2) is 12.7 Å². The summed E-state index contributed by atoms with van der Waals surface area (Å²) in [4.78, 5) is 6.86. The molecule has 0 rings (SSSR count). The lowest BCUT2D eigenvalue weighted by Crippen LogP contribution is -2.34. The number of sulfonamides is 1. The molecule has 0 aliphatic rings. The Balaban J connectivity index is 4.02. The second kappa shape index (κ2) is 4.02. The van der Waals surface area contributed by atoms with E-state index < -0.39 is 15.6 Å². The molecule has 0 amide bonds. The van der Waals surface area contributed by atoms with Gasteiger partial charge < -0.3 is 0 Å². The standard InChI is InChI=1S/C7H15NO3S/c1-5-6-12(9,10)8-11-7(2,3)4/h5,8H,1,6H2,2-4H3. The molecule has 0 saturated heterocycles. The van der Waals surface area contributed by atoms with Gasteiger partial charge in [0.25, 0.3) is 0 Å². The quantitative estimate of drug-likeness (QED) is 0.531. The van der Waals surface area contributed by atoms with Crippen molar-refractivity contribution in [3.05, 3.63) is 12.7 Å². The molecule has 0 bridgehead atoms. The van der Waals surface area contributed by atoms with Gasteiger partial charge in [-0.2, -0.15) is 0 Å². The molecule has 0 aromatic heterocycles. The fourth-order valence-corrected chi connectivity index (χ4v) is 1.13. The molecule has 5 heteroatoms. The van der Waals surface area contributed by atoms with E-state index in [1.165, 1.54) is 6.08 Å². The summed E-state index contributed by atoms with van der Waals surface area (Å²) >= 11 is 0. The molecule has 0 aromatic rings. The van der Waals surface area contributed by atoms with Crippen LogP contribution in [0.2, 0.25) is 0 Å². The Labute approximate surface area is 73.6 Å². The van der Waals surface area contributed by atoms with Crippen LogP contribution in [0.4, 0.5) is 0 Å². The van der Waals surface area contributed by atoms with Crippen molar-refractivity contribution in [1.29, 1.82) is 0 Å². The molecule has 4 nitrogen and oxygen atoms in total. The molecule has 12 heavy (non-hydrogen) atoms. The smallest absolute Gasteiger partial charge is 0.237 e. The van der Waals surface area contributed by atoms with Crippen LogP contribution in [0, 0.1) is 0 Å². The number of hydrogen-bond acceptors (Lipinski definition) is 3. The minimum absolute atomic E-state index is 0.136. The van der Waals surface area contributed by atoms with Crippen LogP contribution in [0.5, 0.6) is 0 Å². The average Bonchev–Trinajstić information content (AvgIpc) is 1.83. The van der Waals surface area contributed by atoms with E-state index in [-0.39, 0.29) is 5.75 Å². The third-order valence-corrected chi connectivity index (χ3v) is 1.82. The highest BCUT2D eigenvalue weighted by atomic mass is 32.2. The summed E-state index contributed by atoms with van der Waals surface area (Å²) in [5.41, 5.74) is -0.520. The number of nitrogens with one attached hydrogen (secondary N) is 1. The first-order chi connectivity index (χ1) is 5.27. The summed E-state index contributed by atoms with van der Waals surface area (Å²) in [5.74, 6) is -0.136. The minimum Gasteiger partial charge on any atom is -0.281 e.